The van der Waals surface area contributed by atoms with E-state index in [0.717, 1.165) is 0 Å². The van der Waals surface area contributed by atoms with Crippen LogP contribution < -0.4 is 5.32 Å². The second-order valence-corrected chi connectivity index (χ2v) is 8.74. The largest absolute Gasteiger partial charge is 0.467 e. The van der Waals surface area contributed by atoms with Crippen LogP contribution in [-0.4, -0.2) is 60.6 Å². The number of hydrogen-bond acceptors (Lipinski definition) is 5. The molecule has 0 radical (unpaired) electrons. The van der Waals surface area contributed by atoms with Crippen molar-refractivity contribution in [3.05, 3.63) is 0 Å². The van der Waals surface area contributed by atoms with Crippen LogP contribution in [0.4, 0.5) is 13.6 Å². The summed E-state index contributed by atoms with van der Waals surface area (Å²) in [5.74, 6) is -1.28. The molecule has 2 fully saturated rings. The molecule has 7 nitrogen and oxygen atoms in total. The highest BCUT2D eigenvalue weighted by Gasteiger charge is 2.70. The molecule has 9 heteroatoms. The molecule has 2 amide bonds. The lowest BCUT2D eigenvalue weighted by Gasteiger charge is -2.32. The average molecular weight is 390 g/mol. The third-order valence-electron chi connectivity index (χ3n) is 5.34. The summed E-state index contributed by atoms with van der Waals surface area (Å²) in [5, 5.41) is 2.22. The van der Waals surface area contributed by atoms with Crippen molar-refractivity contribution in [2.75, 3.05) is 13.7 Å². The number of amides is 2. The van der Waals surface area contributed by atoms with E-state index < -0.39 is 48.5 Å². The molecule has 1 aliphatic carbocycles. The molecule has 0 aromatic carbocycles. The number of alkyl halides is 2. The molecule has 0 unspecified atom stereocenters. The Labute approximate surface area is 157 Å². The summed E-state index contributed by atoms with van der Waals surface area (Å²) in [6.07, 6.45) is -4.62. The zero-order valence-corrected chi connectivity index (χ0v) is 16.5. The van der Waals surface area contributed by atoms with Crippen molar-refractivity contribution in [2.45, 2.75) is 65.1 Å². The first-order chi connectivity index (χ1) is 12.3. The number of esters is 1. The van der Waals surface area contributed by atoms with E-state index in [-0.39, 0.29) is 23.8 Å². The Morgan fingerprint density at radius 3 is 2.33 bits per heavy atom. The van der Waals surface area contributed by atoms with Crippen LogP contribution in [0.25, 0.3) is 0 Å². The predicted octanol–water partition coefficient (Wildman–Crippen LogP) is 2.19. The molecule has 2 rings (SSSR count). The second-order valence-electron chi connectivity index (χ2n) is 8.74. The molecular formula is C18H28F2N2O5. The molecule has 1 saturated heterocycles. The smallest absolute Gasteiger partial charge is 0.408 e. The lowest BCUT2D eigenvalue weighted by molar-refractivity contribution is -0.154. The van der Waals surface area contributed by atoms with E-state index in [1.54, 1.807) is 20.8 Å². The fraction of sp³-hybridized carbons (Fsp3) is 0.833. The Kier molecular flexibility index (Phi) is 5.73. The van der Waals surface area contributed by atoms with Gasteiger partial charge in [0.2, 0.25) is 12.3 Å². The van der Waals surface area contributed by atoms with Gasteiger partial charge < -0.3 is 19.7 Å². The second kappa shape index (κ2) is 7.24. The van der Waals surface area contributed by atoms with Crippen LogP contribution in [0.15, 0.2) is 0 Å². The molecule has 2 aliphatic rings. The summed E-state index contributed by atoms with van der Waals surface area (Å²) in [4.78, 5) is 38.4. The van der Waals surface area contributed by atoms with Gasteiger partial charge in [-0.1, -0.05) is 13.8 Å². The Hall–Kier alpha value is -1.93. The molecule has 1 aliphatic heterocycles. The number of nitrogens with zero attached hydrogens (tertiary/aromatic N) is 1. The zero-order chi connectivity index (χ0) is 20.7. The number of rotatable bonds is 5. The zero-order valence-electron chi connectivity index (χ0n) is 16.5. The number of fused-ring (bicyclic) bond motifs is 1. The van der Waals surface area contributed by atoms with Crippen molar-refractivity contribution in [1.82, 2.24) is 10.2 Å². The maximum Gasteiger partial charge on any atom is 0.408 e. The van der Waals surface area contributed by atoms with Gasteiger partial charge >= 0.3 is 12.1 Å². The lowest BCUT2D eigenvalue weighted by atomic mass is 10.00. The fourth-order valence-corrected chi connectivity index (χ4v) is 3.95. The van der Waals surface area contributed by atoms with Gasteiger partial charge in [0.25, 0.3) is 0 Å². The lowest BCUT2D eigenvalue weighted by Crippen LogP contribution is -2.55. The van der Waals surface area contributed by atoms with Crippen LogP contribution in [0, 0.1) is 17.3 Å². The summed E-state index contributed by atoms with van der Waals surface area (Å²) in [7, 11) is 1.23. The molecular weight excluding hydrogens is 362 g/mol. The topological polar surface area (TPSA) is 84.9 Å². The molecule has 1 saturated carbocycles. The van der Waals surface area contributed by atoms with Crippen molar-refractivity contribution in [2.24, 2.45) is 17.3 Å². The van der Waals surface area contributed by atoms with Gasteiger partial charge in [-0.15, -0.1) is 0 Å². The SMILES string of the molecule is COC(=O)[C@@H]1[C@@H]2[C@H](CN1C(=O)[C@H](CC(F)F)NC(=O)OC(C)(C)C)C2(C)C. The molecule has 1 N–H and O–H groups in total. The molecule has 154 valence electrons. The minimum absolute atomic E-state index is 0.0809. The Balaban J connectivity index is 2.17. The van der Waals surface area contributed by atoms with Gasteiger partial charge in [-0.05, 0) is 32.1 Å². The number of carbonyl (C=O) groups is 3. The number of nitrogens with one attached hydrogen (secondary N) is 1. The maximum absolute atomic E-state index is 13.0. The van der Waals surface area contributed by atoms with Gasteiger partial charge in [0.05, 0.1) is 7.11 Å². The third kappa shape index (κ3) is 4.50. The Morgan fingerprint density at radius 1 is 1.26 bits per heavy atom. The van der Waals surface area contributed by atoms with Gasteiger partial charge in [-0.25, -0.2) is 18.4 Å². The highest BCUT2D eigenvalue weighted by molar-refractivity contribution is 5.91. The van der Waals surface area contributed by atoms with Crippen molar-refractivity contribution in [1.29, 1.82) is 0 Å². The number of ether oxygens (including phenoxy) is 2. The molecule has 27 heavy (non-hydrogen) atoms. The highest BCUT2D eigenvalue weighted by Crippen LogP contribution is 2.65. The average Bonchev–Trinajstić information content (AvgIpc) is 2.88. The number of methoxy groups -OCH3 is 1. The molecule has 0 spiro atoms. The van der Waals surface area contributed by atoms with E-state index in [1.165, 1.54) is 12.0 Å². The Bertz CT molecular complexity index is 617. The summed E-state index contributed by atoms with van der Waals surface area (Å²) < 4.78 is 35.9. The predicted molar refractivity (Wildman–Crippen MR) is 92.1 cm³/mol. The minimum Gasteiger partial charge on any atom is -0.467 e. The highest BCUT2D eigenvalue weighted by atomic mass is 19.3. The van der Waals surface area contributed by atoms with Crippen LogP contribution in [0.2, 0.25) is 0 Å². The Morgan fingerprint density at radius 2 is 1.85 bits per heavy atom. The quantitative estimate of drug-likeness (QED) is 0.728. The summed E-state index contributed by atoms with van der Waals surface area (Å²) in [5.41, 5.74) is -0.956. The molecule has 4 atom stereocenters. The summed E-state index contributed by atoms with van der Waals surface area (Å²) in [6.45, 7) is 9.14. The van der Waals surface area contributed by atoms with Crippen LogP contribution in [0.5, 0.6) is 0 Å². The minimum atomic E-state index is -2.81. The van der Waals surface area contributed by atoms with Crippen LogP contribution in [0.3, 0.4) is 0 Å². The maximum atomic E-state index is 13.0. The van der Waals surface area contributed by atoms with Gasteiger partial charge in [0.1, 0.15) is 17.7 Å². The van der Waals surface area contributed by atoms with Crippen molar-refractivity contribution >= 4 is 18.0 Å². The van der Waals surface area contributed by atoms with Crippen molar-refractivity contribution in [3.8, 4) is 0 Å². The first kappa shape index (κ1) is 21.4. The van der Waals surface area contributed by atoms with Crippen LogP contribution >= 0.6 is 0 Å². The van der Waals surface area contributed by atoms with Gasteiger partial charge in [0.15, 0.2) is 0 Å². The monoisotopic (exact) mass is 390 g/mol. The molecule has 0 aromatic rings. The van der Waals surface area contributed by atoms with E-state index in [9.17, 15) is 23.2 Å². The molecule has 0 aromatic heterocycles. The normalized spacial score (nSPS) is 27.0. The molecule has 1 heterocycles. The first-order valence-electron chi connectivity index (χ1n) is 8.95. The number of halogens is 2. The van der Waals surface area contributed by atoms with E-state index in [0.29, 0.717) is 0 Å². The number of hydrogen-bond donors (Lipinski definition) is 1. The van der Waals surface area contributed by atoms with Crippen LogP contribution in [-0.2, 0) is 19.1 Å². The van der Waals surface area contributed by atoms with E-state index in [4.69, 9.17) is 9.47 Å². The first-order valence-corrected chi connectivity index (χ1v) is 8.95. The number of carbonyl (C=O) groups excluding carboxylic acids is 3. The van der Waals surface area contributed by atoms with E-state index in [2.05, 4.69) is 5.32 Å². The standard InChI is InChI=1S/C18H28F2N2O5/c1-17(2,3)27-16(25)21-10(7-11(19)20)14(23)22-8-9-12(18(9,4)5)13(22)15(24)26-6/h9-13H,7-8H2,1-6H3,(H,21,25)/t9-,10-,12-,13-/m0/s1. The third-order valence-corrected chi connectivity index (χ3v) is 5.34. The van der Waals surface area contributed by atoms with Crippen molar-refractivity contribution in [3.63, 3.8) is 0 Å². The summed E-state index contributed by atoms with van der Waals surface area (Å²) >= 11 is 0. The van der Waals surface area contributed by atoms with E-state index in [1.807, 2.05) is 13.8 Å². The van der Waals surface area contributed by atoms with Gasteiger partial charge in [0, 0.05) is 18.9 Å². The van der Waals surface area contributed by atoms with Gasteiger partial charge in [-0.2, -0.15) is 0 Å². The number of likely N-dealkylation sites (tertiary alicyclic amines) is 1. The van der Waals surface area contributed by atoms with E-state index >= 15 is 0 Å². The van der Waals surface area contributed by atoms with Crippen molar-refractivity contribution < 1.29 is 32.6 Å². The number of alkyl carbamates (subject to hydrolysis) is 1. The molecule has 0 bridgehead atoms. The number of piperidine rings is 1. The summed E-state index contributed by atoms with van der Waals surface area (Å²) in [6, 6.07) is -2.31. The van der Waals surface area contributed by atoms with Crippen LogP contribution in [0.1, 0.15) is 41.0 Å². The fourth-order valence-electron chi connectivity index (χ4n) is 3.95. The van der Waals surface area contributed by atoms with Gasteiger partial charge in [-0.3, -0.25) is 4.79 Å².